The van der Waals surface area contributed by atoms with Crippen molar-refractivity contribution < 1.29 is 14.3 Å². The van der Waals surface area contributed by atoms with Gasteiger partial charge in [0.2, 0.25) is 5.91 Å². The molecule has 168 valence electrons. The van der Waals surface area contributed by atoms with Crippen molar-refractivity contribution >= 4 is 34.2 Å². The quantitative estimate of drug-likeness (QED) is 0.604. The molecule has 1 aliphatic rings. The molecule has 2 amide bonds. The molecule has 0 saturated heterocycles. The van der Waals surface area contributed by atoms with Crippen LogP contribution in [0.5, 0.6) is 0 Å². The number of ether oxygens (including phenoxy) is 1. The summed E-state index contributed by atoms with van der Waals surface area (Å²) in [7, 11) is 1.47. The van der Waals surface area contributed by atoms with Crippen LogP contribution in [-0.4, -0.2) is 40.3 Å². The number of amides is 2. The number of fused-ring (bicyclic) bond motifs is 1. The second-order valence-corrected chi connectivity index (χ2v) is 9.25. The number of pyridine rings is 1. The second-order valence-electron chi connectivity index (χ2n) is 9.25. The molecule has 1 fully saturated rings. The molecular weight excluding hydrogens is 406 g/mol. The van der Waals surface area contributed by atoms with E-state index in [1.807, 2.05) is 17.7 Å². The molecule has 0 radical (unpaired) electrons. The molecule has 1 aromatic carbocycles. The summed E-state index contributed by atoms with van der Waals surface area (Å²) in [5, 5.41) is 11.2. The summed E-state index contributed by atoms with van der Waals surface area (Å²) in [5.41, 5.74) is 4.09. The molecule has 0 atom stereocenters. The Morgan fingerprint density at radius 1 is 1.12 bits per heavy atom. The van der Waals surface area contributed by atoms with Gasteiger partial charge < -0.3 is 15.4 Å². The Labute approximate surface area is 187 Å². The van der Waals surface area contributed by atoms with Gasteiger partial charge in [-0.1, -0.05) is 0 Å². The molecule has 2 heterocycles. The summed E-state index contributed by atoms with van der Waals surface area (Å²) in [6.45, 7) is 8.14. The van der Waals surface area contributed by atoms with Gasteiger partial charge in [0.15, 0.2) is 5.65 Å². The highest BCUT2D eigenvalue weighted by Crippen LogP contribution is 2.41. The first-order chi connectivity index (χ1) is 15.2. The van der Waals surface area contributed by atoms with Gasteiger partial charge in [0.25, 0.3) is 5.91 Å². The average molecular weight is 436 g/mol. The normalized spacial score (nSPS) is 13.9. The molecule has 8 nitrogen and oxygen atoms in total. The number of anilines is 2. The smallest absolute Gasteiger partial charge is 0.256 e. The van der Waals surface area contributed by atoms with Gasteiger partial charge in [-0.3, -0.25) is 9.59 Å². The van der Waals surface area contributed by atoms with Gasteiger partial charge in [-0.05, 0) is 70.9 Å². The van der Waals surface area contributed by atoms with Crippen LogP contribution < -0.4 is 10.6 Å². The van der Waals surface area contributed by atoms with Gasteiger partial charge in [0.05, 0.1) is 22.2 Å². The van der Waals surface area contributed by atoms with Crippen LogP contribution in [0.4, 0.5) is 11.4 Å². The van der Waals surface area contributed by atoms with Gasteiger partial charge in [-0.15, -0.1) is 0 Å². The van der Waals surface area contributed by atoms with Crippen molar-refractivity contribution in [2.45, 2.75) is 52.0 Å². The number of nitrogens with zero attached hydrogens (tertiary/aromatic N) is 3. The first-order valence-electron chi connectivity index (χ1n) is 10.8. The Bertz CT molecular complexity index is 1170. The van der Waals surface area contributed by atoms with E-state index in [2.05, 4.69) is 31.4 Å². The predicted molar refractivity (Wildman–Crippen MR) is 124 cm³/mol. The van der Waals surface area contributed by atoms with E-state index in [0.29, 0.717) is 22.9 Å². The second kappa shape index (κ2) is 8.35. The molecule has 0 aliphatic heterocycles. The number of aromatic nitrogens is 3. The molecule has 1 aliphatic carbocycles. The Kier molecular flexibility index (Phi) is 5.73. The maximum absolute atomic E-state index is 13.3. The van der Waals surface area contributed by atoms with E-state index in [-0.39, 0.29) is 24.0 Å². The van der Waals surface area contributed by atoms with Crippen LogP contribution in [-0.2, 0) is 15.1 Å². The van der Waals surface area contributed by atoms with E-state index in [4.69, 9.17) is 14.8 Å². The zero-order valence-electron chi connectivity index (χ0n) is 19.2. The number of rotatable bonds is 6. The third-order valence-corrected chi connectivity index (χ3v) is 5.41. The number of hydrogen-bond donors (Lipinski definition) is 2. The SMILES string of the molecule is COCC(=O)Nc1ccc(NC(=O)c2cc(C3CC3)nc3c2c(C)nn3C(C)(C)C)cc1. The fourth-order valence-corrected chi connectivity index (χ4v) is 3.71. The van der Waals surface area contributed by atoms with E-state index in [9.17, 15) is 9.59 Å². The third kappa shape index (κ3) is 4.50. The summed E-state index contributed by atoms with van der Waals surface area (Å²) in [4.78, 5) is 29.9. The van der Waals surface area contributed by atoms with Crippen LogP contribution in [0.2, 0.25) is 0 Å². The molecular formula is C24H29N5O3. The molecule has 0 bridgehead atoms. The largest absolute Gasteiger partial charge is 0.375 e. The number of methoxy groups -OCH3 is 1. The van der Waals surface area contributed by atoms with Crippen LogP contribution in [0, 0.1) is 6.92 Å². The first-order valence-corrected chi connectivity index (χ1v) is 10.8. The summed E-state index contributed by atoms with van der Waals surface area (Å²) in [6, 6.07) is 8.90. The highest BCUT2D eigenvalue weighted by Gasteiger charge is 2.30. The fourth-order valence-electron chi connectivity index (χ4n) is 3.71. The molecule has 0 spiro atoms. The van der Waals surface area contributed by atoms with Gasteiger partial charge in [0.1, 0.15) is 6.61 Å². The molecule has 2 N–H and O–H groups in total. The standard InChI is InChI=1S/C24H29N5O3/c1-14-21-18(12-19(15-6-7-15)27-22(21)29(28-14)24(2,3)4)23(31)26-17-10-8-16(9-11-17)25-20(30)13-32-5/h8-12,15H,6-7,13H2,1-5H3,(H,25,30)(H,26,31). The van der Waals surface area contributed by atoms with E-state index in [1.165, 1.54) is 7.11 Å². The number of nitrogens with one attached hydrogen (secondary N) is 2. The van der Waals surface area contributed by atoms with Crippen molar-refractivity contribution in [3.63, 3.8) is 0 Å². The van der Waals surface area contributed by atoms with Crippen molar-refractivity contribution in [3.05, 3.63) is 47.3 Å². The van der Waals surface area contributed by atoms with Gasteiger partial charge in [0, 0.05) is 30.1 Å². The van der Waals surface area contributed by atoms with Gasteiger partial charge >= 0.3 is 0 Å². The lowest BCUT2D eigenvalue weighted by molar-refractivity contribution is -0.119. The average Bonchev–Trinajstić information content (AvgIpc) is 3.52. The number of hydrogen-bond acceptors (Lipinski definition) is 5. The van der Waals surface area contributed by atoms with Crippen molar-refractivity contribution in [3.8, 4) is 0 Å². The lowest BCUT2D eigenvalue weighted by atomic mass is 10.1. The molecule has 2 aromatic heterocycles. The van der Waals surface area contributed by atoms with Crippen molar-refractivity contribution in [1.29, 1.82) is 0 Å². The van der Waals surface area contributed by atoms with Crippen LogP contribution in [0.15, 0.2) is 30.3 Å². The maximum atomic E-state index is 13.3. The minimum absolute atomic E-state index is 0.0124. The van der Waals surface area contributed by atoms with Crippen LogP contribution in [0.3, 0.4) is 0 Å². The minimum atomic E-state index is -0.251. The fraction of sp³-hybridized carbons (Fsp3) is 0.417. The highest BCUT2D eigenvalue weighted by molar-refractivity contribution is 6.12. The van der Waals surface area contributed by atoms with Crippen LogP contribution in [0.25, 0.3) is 11.0 Å². The van der Waals surface area contributed by atoms with E-state index < -0.39 is 0 Å². The Morgan fingerprint density at radius 2 is 1.75 bits per heavy atom. The van der Waals surface area contributed by atoms with Crippen LogP contribution in [0.1, 0.15) is 61.3 Å². The lowest BCUT2D eigenvalue weighted by Gasteiger charge is -2.20. The molecule has 3 aromatic rings. The maximum Gasteiger partial charge on any atom is 0.256 e. The topological polar surface area (TPSA) is 98.1 Å². The predicted octanol–water partition coefficient (Wildman–Crippen LogP) is 4.21. The summed E-state index contributed by atoms with van der Waals surface area (Å²) >= 11 is 0. The van der Waals surface area contributed by atoms with Gasteiger partial charge in [-0.25, -0.2) is 9.67 Å². The summed E-state index contributed by atoms with van der Waals surface area (Å²) < 4.78 is 6.73. The van der Waals surface area contributed by atoms with Gasteiger partial charge in [-0.2, -0.15) is 5.10 Å². The Balaban J connectivity index is 1.65. The number of carbonyl (C=O) groups excluding carboxylic acids is 2. The number of benzene rings is 1. The van der Waals surface area contributed by atoms with Crippen molar-refractivity contribution in [2.24, 2.45) is 0 Å². The first kappa shape index (κ1) is 22.0. The molecule has 1 saturated carbocycles. The zero-order valence-corrected chi connectivity index (χ0v) is 19.2. The van der Waals surface area contributed by atoms with E-state index in [0.717, 1.165) is 35.3 Å². The van der Waals surface area contributed by atoms with Crippen molar-refractivity contribution in [2.75, 3.05) is 24.4 Å². The summed E-state index contributed by atoms with van der Waals surface area (Å²) in [5.74, 6) is -0.0287. The number of carbonyl (C=O) groups is 2. The van der Waals surface area contributed by atoms with E-state index >= 15 is 0 Å². The molecule has 4 rings (SSSR count). The van der Waals surface area contributed by atoms with E-state index in [1.54, 1.807) is 24.3 Å². The highest BCUT2D eigenvalue weighted by atomic mass is 16.5. The van der Waals surface area contributed by atoms with Crippen molar-refractivity contribution in [1.82, 2.24) is 14.8 Å². The molecule has 32 heavy (non-hydrogen) atoms. The molecule has 0 unspecified atom stereocenters. The zero-order chi connectivity index (χ0) is 23.0. The number of aryl methyl sites for hydroxylation is 1. The third-order valence-electron chi connectivity index (χ3n) is 5.41. The Hall–Kier alpha value is -3.26. The minimum Gasteiger partial charge on any atom is -0.375 e. The molecule has 8 heteroatoms. The Morgan fingerprint density at radius 3 is 2.31 bits per heavy atom. The lowest BCUT2D eigenvalue weighted by Crippen LogP contribution is -2.23. The van der Waals surface area contributed by atoms with Crippen LogP contribution >= 0.6 is 0 Å². The monoisotopic (exact) mass is 435 g/mol. The summed E-state index contributed by atoms with van der Waals surface area (Å²) in [6.07, 6.45) is 2.19.